The Kier molecular flexibility index (Phi) is 6.51. The maximum absolute atomic E-state index is 5.19. The standard InChI is InChI=1S/C19H24N2O/c1-8-11-15-12-17(20-14(6)19(15)13(4)5)16(9-2)21-18(10-3)22-7/h8-12H,2,4H2,1,3,5-7H3/b11-8-,18-10+,21-16+. The average Bonchev–Trinajstić information content (AvgIpc) is 2.48. The molecule has 0 aliphatic carbocycles. The molecule has 0 aromatic carbocycles. The zero-order valence-corrected chi connectivity index (χ0v) is 14.1. The number of hydrogen-bond acceptors (Lipinski definition) is 3. The molecule has 1 aromatic rings. The van der Waals surface area contributed by atoms with Crippen LogP contribution in [-0.2, 0) is 4.74 Å². The molecule has 3 heteroatoms. The third kappa shape index (κ3) is 4.04. The van der Waals surface area contributed by atoms with Gasteiger partial charge in [-0.25, -0.2) is 4.99 Å². The van der Waals surface area contributed by atoms with Gasteiger partial charge in [0.1, 0.15) is 0 Å². The predicted octanol–water partition coefficient (Wildman–Crippen LogP) is 4.94. The summed E-state index contributed by atoms with van der Waals surface area (Å²) in [5, 5.41) is 0. The molecule has 1 aromatic heterocycles. The van der Waals surface area contributed by atoms with Crippen LogP contribution in [0.1, 0.15) is 43.3 Å². The number of methoxy groups -OCH3 is 1. The van der Waals surface area contributed by atoms with Crippen LogP contribution in [0.5, 0.6) is 0 Å². The van der Waals surface area contributed by atoms with Crippen molar-refractivity contribution in [2.24, 2.45) is 4.99 Å². The van der Waals surface area contributed by atoms with Gasteiger partial charge in [0.2, 0.25) is 5.88 Å². The molecule has 0 amide bonds. The van der Waals surface area contributed by atoms with Crippen LogP contribution in [0.15, 0.2) is 48.3 Å². The lowest BCUT2D eigenvalue weighted by atomic mass is 9.98. The average molecular weight is 296 g/mol. The zero-order chi connectivity index (χ0) is 16.7. The predicted molar refractivity (Wildman–Crippen MR) is 95.9 cm³/mol. The summed E-state index contributed by atoms with van der Waals surface area (Å²) in [6.45, 7) is 15.7. The molecular weight excluding hydrogens is 272 g/mol. The van der Waals surface area contributed by atoms with Crippen LogP contribution in [0.3, 0.4) is 0 Å². The summed E-state index contributed by atoms with van der Waals surface area (Å²) in [6, 6.07) is 2.00. The summed E-state index contributed by atoms with van der Waals surface area (Å²) in [4.78, 5) is 9.10. The molecule has 116 valence electrons. The van der Waals surface area contributed by atoms with Crippen LogP contribution in [0.4, 0.5) is 0 Å². The summed E-state index contributed by atoms with van der Waals surface area (Å²) in [6.07, 6.45) is 7.54. The number of aromatic nitrogens is 1. The van der Waals surface area contributed by atoms with Gasteiger partial charge >= 0.3 is 0 Å². The van der Waals surface area contributed by atoms with E-state index in [1.807, 2.05) is 39.8 Å². The third-order valence-corrected chi connectivity index (χ3v) is 3.15. The summed E-state index contributed by atoms with van der Waals surface area (Å²) in [7, 11) is 1.59. The molecule has 0 unspecified atom stereocenters. The molecule has 22 heavy (non-hydrogen) atoms. The SMILES string of the molecule is C=C/C(=N\C(=C/C)OC)c1cc(/C=C\C)c(C(=C)C)c(C)n1. The third-order valence-electron chi connectivity index (χ3n) is 3.15. The molecule has 0 aliphatic rings. The Morgan fingerprint density at radius 2 is 2.05 bits per heavy atom. The lowest BCUT2D eigenvalue weighted by Crippen LogP contribution is -2.06. The van der Waals surface area contributed by atoms with E-state index in [0.29, 0.717) is 11.6 Å². The summed E-state index contributed by atoms with van der Waals surface area (Å²) >= 11 is 0. The lowest BCUT2D eigenvalue weighted by molar-refractivity contribution is 0.288. The molecular formula is C19H24N2O. The van der Waals surface area contributed by atoms with Gasteiger partial charge < -0.3 is 4.74 Å². The van der Waals surface area contributed by atoms with Crippen molar-refractivity contribution >= 4 is 17.4 Å². The number of allylic oxidation sites excluding steroid dienone is 4. The first-order chi connectivity index (χ1) is 10.5. The van der Waals surface area contributed by atoms with Gasteiger partial charge in [0.25, 0.3) is 0 Å². The molecule has 0 radical (unpaired) electrons. The van der Waals surface area contributed by atoms with Gasteiger partial charge in [-0.2, -0.15) is 0 Å². The maximum atomic E-state index is 5.19. The Bertz CT molecular complexity index is 664. The Morgan fingerprint density at radius 1 is 1.36 bits per heavy atom. The molecule has 3 nitrogen and oxygen atoms in total. The summed E-state index contributed by atoms with van der Waals surface area (Å²) in [5.74, 6) is 0.533. The Morgan fingerprint density at radius 3 is 2.50 bits per heavy atom. The van der Waals surface area contributed by atoms with E-state index in [2.05, 4.69) is 29.2 Å². The second-order valence-electron chi connectivity index (χ2n) is 4.87. The van der Waals surface area contributed by atoms with E-state index >= 15 is 0 Å². The number of ether oxygens (including phenoxy) is 1. The summed E-state index contributed by atoms with van der Waals surface area (Å²) < 4.78 is 5.19. The largest absolute Gasteiger partial charge is 0.481 e. The first kappa shape index (κ1) is 17.6. The van der Waals surface area contributed by atoms with E-state index in [1.165, 1.54) is 0 Å². The minimum Gasteiger partial charge on any atom is -0.481 e. The van der Waals surface area contributed by atoms with Gasteiger partial charge in [-0.15, -0.1) is 0 Å². The van der Waals surface area contributed by atoms with E-state index < -0.39 is 0 Å². The van der Waals surface area contributed by atoms with Crippen LogP contribution >= 0.6 is 0 Å². The number of hydrogen-bond donors (Lipinski definition) is 0. The van der Waals surface area contributed by atoms with Gasteiger partial charge in [-0.05, 0) is 57.0 Å². The van der Waals surface area contributed by atoms with E-state index in [9.17, 15) is 0 Å². The molecule has 0 saturated carbocycles. The Balaban J connectivity index is 3.54. The minimum absolute atomic E-state index is 0.533. The summed E-state index contributed by atoms with van der Waals surface area (Å²) in [5.41, 5.74) is 5.51. The Labute approximate surface area is 133 Å². The smallest absolute Gasteiger partial charge is 0.209 e. The lowest BCUT2D eigenvalue weighted by Gasteiger charge is -2.12. The van der Waals surface area contributed by atoms with Crippen molar-refractivity contribution < 1.29 is 4.74 Å². The molecule has 1 rings (SSSR count). The van der Waals surface area contributed by atoms with Crippen molar-refractivity contribution in [2.75, 3.05) is 7.11 Å². The van der Waals surface area contributed by atoms with Crippen molar-refractivity contribution in [2.45, 2.75) is 27.7 Å². The van der Waals surface area contributed by atoms with E-state index in [4.69, 9.17) is 4.74 Å². The van der Waals surface area contributed by atoms with Crippen LogP contribution < -0.4 is 0 Å². The highest BCUT2D eigenvalue weighted by atomic mass is 16.5. The first-order valence-electron chi connectivity index (χ1n) is 7.20. The van der Waals surface area contributed by atoms with Gasteiger partial charge in [0.15, 0.2) is 0 Å². The highest BCUT2D eigenvalue weighted by Crippen LogP contribution is 2.23. The molecule has 0 spiro atoms. The molecule has 0 atom stereocenters. The normalized spacial score (nSPS) is 12.6. The van der Waals surface area contributed by atoms with Gasteiger partial charge in [-0.3, -0.25) is 4.98 Å². The number of nitrogens with zero attached hydrogens (tertiary/aromatic N) is 2. The van der Waals surface area contributed by atoms with Crippen molar-refractivity contribution in [3.8, 4) is 0 Å². The fraction of sp³-hybridized carbons (Fsp3) is 0.263. The van der Waals surface area contributed by atoms with Crippen molar-refractivity contribution in [3.63, 3.8) is 0 Å². The number of rotatable bonds is 6. The van der Waals surface area contributed by atoms with Crippen molar-refractivity contribution in [1.82, 2.24) is 4.98 Å². The fourth-order valence-electron chi connectivity index (χ4n) is 2.25. The molecule has 0 bridgehead atoms. The molecule has 1 heterocycles. The topological polar surface area (TPSA) is 34.5 Å². The van der Waals surface area contributed by atoms with Crippen LogP contribution in [0.2, 0.25) is 0 Å². The molecule has 0 fully saturated rings. The number of aryl methyl sites for hydroxylation is 1. The minimum atomic E-state index is 0.533. The van der Waals surface area contributed by atoms with Crippen LogP contribution in [-0.4, -0.2) is 17.8 Å². The van der Waals surface area contributed by atoms with Crippen molar-refractivity contribution in [1.29, 1.82) is 0 Å². The number of aliphatic imine (C=N–C) groups is 1. The molecule has 0 aliphatic heterocycles. The zero-order valence-electron chi connectivity index (χ0n) is 14.1. The van der Waals surface area contributed by atoms with Crippen LogP contribution in [0, 0.1) is 6.92 Å². The highest BCUT2D eigenvalue weighted by Gasteiger charge is 2.11. The van der Waals surface area contributed by atoms with Crippen LogP contribution in [0.25, 0.3) is 11.6 Å². The van der Waals surface area contributed by atoms with E-state index in [0.717, 1.165) is 28.1 Å². The second-order valence-corrected chi connectivity index (χ2v) is 4.87. The fourth-order valence-corrected chi connectivity index (χ4v) is 2.25. The molecule has 0 N–H and O–H groups in total. The first-order valence-corrected chi connectivity index (χ1v) is 7.20. The van der Waals surface area contributed by atoms with Gasteiger partial charge in [-0.1, -0.05) is 25.3 Å². The van der Waals surface area contributed by atoms with E-state index in [-0.39, 0.29) is 0 Å². The quantitative estimate of drug-likeness (QED) is 0.550. The van der Waals surface area contributed by atoms with Gasteiger partial charge in [0.05, 0.1) is 18.5 Å². The molecule has 0 saturated heterocycles. The van der Waals surface area contributed by atoms with Crippen molar-refractivity contribution in [3.05, 3.63) is 65.9 Å². The maximum Gasteiger partial charge on any atom is 0.209 e. The van der Waals surface area contributed by atoms with E-state index in [1.54, 1.807) is 19.3 Å². The Hall–Kier alpha value is -2.42. The highest BCUT2D eigenvalue weighted by molar-refractivity contribution is 6.08. The van der Waals surface area contributed by atoms with Gasteiger partial charge in [0, 0.05) is 11.3 Å². The second kappa shape index (κ2) is 8.13. The number of pyridine rings is 1. The monoisotopic (exact) mass is 296 g/mol.